The van der Waals surface area contributed by atoms with Gasteiger partial charge in [0.1, 0.15) is 21.6 Å². The zero-order valence-electron chi connectivity index (χ0n) is 15.1. The van der Waals surface area contributed by atoms with E-state index in [2.05, 4.69) is 5.32 Å². The lowest BCUT2D eigenvalue weighted by Crippen LogP contribution is -2.29. The Morgan fingerprint density at radius 1 is 1.21 bits per heavy atom. The average molecular weight is 432 g/mol. The number of amides is 2. The van der Waals surface area contributed by atoms with Gasteiger partial charge in [0.2, 0.25) is 5.91 Å². The number of hydrogen-bond acceptors (Lipinski definition) is 6. The molecule has 3 rings (SSSR count). The van der Waals surface area contributed by atoms with Gasteiger partial charge in [-0.2, -0.15) is 0 Å². The summed E-state index contributed by atoms with van der Waals surface area (Å²) in [5.74, 6) is -1.15. The third kappa shape index (κ3) is 5.33. The first-order chi connectivity index (χ1) is 13.8. The molecule has 1 saturated heterocycles. The molecule has 1 aliphatic rings. The van der Waals surface area contributed by atoms with Crippen LogP contribution in [-0.2, 0) is 9.59 Å². The van der Waals surface area contributed by atoms with Crippen molar-refractivity contribution in [1.82, 2.24) is 4.90 Å². The van der Waals surface area contributed by atoms with Crippen LogP contribution in [0.15, 0.2) is 47.4 Å². The fraction of sp³-hybridized carbons (Fsp3) is 0.150. The van der Waals surface area contributed by atoms with Crippen molar-refractivity contribution in [2.75, 3.05) is 11.9 Å². The number of carbonyl (C=O) groups excluding carboxylic acids is 2. The van der Waals surface area contributed by atoms with Crippen LogP contribution >= 0.6 is 24.0 Å². The van der Waals surface area contributed by atoms with Crippen LogP contribution in [0.2, 0.25) is 0 Å². The molecule has 150 valence electrons. The number of nitrogens with one attached hydrogen (secondary N) is 1. The SMILES string of the molecule is O=C(CCCN1C(=O)/C(=C/c2ccc(O)cc2O)SC1=S)Nc1ccc(F)cc1. The second-order valence-corrected chi connectivity index (χ2v) is 7.91. The summed E-state index contributed by atoms with van der Waals surface area (Å²) in [5.41, 5.74) is 0.889. The first-order valence-corrected chi connectivity index (χ1v) is 9.89. The van der Waals surface area contributed by atoms with E-state index in [1.165, 1.54) is 53.4 Å². The van der Waals surface area contributed by atoms with Gasteiger partial charge in [-0.1, -0.05) is 24.0 Å². The Hall–Kier alpha value is -2.91. The Morgan fingerprint density at radius 3 is 2.62 bits per heavy atom. The summed E-state index contributed by atoms with van der Waals surface area (Å²) in [5, 5.41) is 21.9. The van der Waals surface area contributed by atoms with Gasteiger partial charge in [-0.3, -0.25) is 14.5 Å². The van der Waals surface area contributed by atoms with Gasteiger partial charge in [0.15, 0.2) is 0 Å². The van der Waals surface area contributed by atoms with E-state index in [1.54, 1.807) is 0 Å². The minimum Gasteiger partial charge on any atom is -0.508 e. The van der Waals surface area contributed by atoms with Crippen LogP contribution in [0.1, 0.15) is 18.4 Å². The van der Waals surface area contributed by atoms with Gasteiger partial charge < -0.3 is 15.5 Å². The zero-order valence-corrected chi connectivity index (χ0v) is 16.7. The maximum Gasteiger partial charge on any atom is 0.266 e. The maximum absolute atomic E-state index is 12.9. The van der Waals surface area contributed by atoms with E-state index < -0.39 is 0 Å². The van der Waals surface area contributed by atoms with E-state index in [1.807, 2.05) is 0 Å². The molecule has 1 aliphatic heterocycles. The molecule has 0 bridgehead atoms. The number of thiocarbonyl (C=S) groups is 1. The molecule has 1 heterocycles. The number of phenols is 2. The molecule has 6 nitrogen and oxygen atoms in total. The van der Waals surface area contributed by atoms with E-state index in [0.29, 0.717) is 26.9 Å². The number of hydrogen-bond donors (Lipinski definition) is 3. The molecular weight excluding hydrogens is 415 g/mol. The molecule has 0 spiro atoms. The molecule has 0 saturated carbocycles. The van der Waals surface area contributed by atoms with Gasteiger partial charge in [0, 0.05) is 30.3 Å². The van der Waals surface area contributed by atoms with Crippen LogP contribution in [-0.4, -0.2) is 37.8 Å². The maximum atomic E-state index is 12.9. The Balaban J connectivity index is 1.55. The van der Waals surface area contributed by atoms with Crippen molar-refractivity contribution < 1.29 is 24.2 Å². The largest absolute Gasteiger partial charge is 0.508 e. The minimum atomic E-state index is -0.383. The predicted molar refractivity (Wildman–Crippen MR) is 114 cm³/mol. The summed E-state index contributed by atoms with van der Waals surface area (Å²) in [6.07, 6.45) is 2.08. The van der Waals surface area contributed by atoms with Crippen molar-refractivity contribution in [3.05, 3.63) is 58.8 Å². The van der Waals surface area contributed by atoms with E-state index in [-0.39, 0.29) is 42.1 Å². The first kappa shape index (κ1) is 20.8. The van der Waals surface area contributed by atoms with Gasteiger partial charge in [0.05, 0.1) is 4.91 Å². The highest BCUT2D eigenvalue weighted by molar-refractivity contribution is 8.26. The molecule has 9 heteroatoms. The van der Waals surface area contributed by atoms with Crippen LogP contribution < -0.4 is 5.32 Å². The number of phenolic OH excluding ortho intramolecular Hbond substituents is 2. The number of aromatic hydroxyl groups is 2. The predicted octanol–water partition coefficient (Wildman–Crippen LogP) is 3.86. The standard InChI is InChI=1S/C20H17FN2O4S2/c21-13-4-6-14(7-5-13)22-18(26)2-1-9-23-19(27)17(29-20(23)28)10-12-3-8-15(24)11-16(12)25/h3-8,10-11,24-25H,1-2,9H2,(H,22,26)/b17-10-. The van der Waals surface area contributed by atoms with Gasteiger partial charge in [-0.15, -0.1) is 0 Å². The monoisotopic (exact) mass is 432 g/mol. The van der Waals surface area contributed by atoms with Gasteiger partial charge in [0.25, 0.3) is 5.91 Å². The summed E-state index contributed by atoms with van der Waals surface area (Å²) < 4.78 is 13.3. The van der Waals surface area contributed by atoms with Gasteiger partial charge >= 0.3 is 0 Å². The van der Waals surface area contributed by atoms with E-state index in [0.717, 1.165) is 11.8 Å². The third-order valence-corrected chi connectivity index (χ3v) is 5.47. The quantitative estimate of drug-likeness (QED) is 0.475. The van der Waals surface area contributed by atoms with Crippen molar-refractivity contribution >= 4 is 51.9 Å². The molecule has 0 aromatic heterocycles. The van der Waals surface area contributed by atoms with E-state index >= 15 is 0 Å². The van der Waals surface area contributed by atoms with Crippen LogP contribution in [0.5, 0.6) is 11.5 Å². The lowest BCUT2D eigenvalue weighted by molar-refractivity contribution is -0.122. The second-order valence-electron chi connectivity index (χ2n) is 6.24. The molecule has 1 fully saturated rings. The molecule has 2 aromatic carbocycles. The van der Waals surface area contributed by atoms with Crippen LogP contribution in [0.25, 0.3) is 6.08 Å². The number of thioether (sulfide) groups is 1. The summed E-state index contributed by atoms with van der Waals surface area (Å²) in [6.45, 7) is 0.278. The Labute approximate surface area is 176 Å². The number of benzene rings is 2. The number of nitrogens with zero attached hydrogens (tertiary/aromatic N) is 1. The lowest BCUT2D eigenvalue weighted by Gasteiger charge is -2.14. The van der Waals surface area contributed by atoms with Crippen molar-refractivity contribution in [2.45, 2.75) is 12.8 Å². The molecule has 29 heavy (non-hydrogen) atoms. The Kier molecular flexibility index (Phi) is 6.50. The topological polar surface area (TPSA) is 89.9 Å². The van der Waals surface area contributed by atoms with Crippen LogP contribution in [0.4, 0.5) is 10.1 Å². The van der Waals surface area contributed by atoms with Crippen molar-refractivity contribution in [3.63, 3.8) is 0 Å². The van der Waals surface area contributed by atoms with E-state index in [4.69, 9.17) is 12.2 Å². The molecular formula is C20H17FN2O4S2. The zero-order chi connectivity index (χ0) is 21.0. The van der Waals surface area contributed by atoms with Gasteiger partial charge in [-0.05, 0) is 48.9 Å². The molecule has 0 aliphatic carbocycles. The van der Waals surface area contributed by atoms with E-state index in [9.17, 15) is 24.2 Å². The molecule has 3 N–H and O–H groups in total. The molecule has 2 aromatic rings. The highest BCUT2D eigenvalue weighted by Gasteiger charge is 2.31. The highest BCUT2D eigenvalue weighted by atomic mass is 32.2. The molecule has 0 atom stereocenters. The highest BCUT2D eigenvalue weighted by Crippen LogP contribution is 2.34. The lowest BCUT2D eigenvalue weighted by atomic mass is 10.1. The summed E-state index contributed by atoms with van der Waals surface area (Å²) in [4.78, 5) is 26.3. The summed E-state index contributed by atoms with van der Waals surface area (Å²) in [7, 11) is 0. The van der Waals surface area contributed by atoms with Crippen molar-refractivity contribution in [2.24, 2.45) is 0 Å². The Bertz CT molecular complexity index is 992. The van der Waals surface area contributed by atoms with Gasteiger partial charge in [-0.25, -0.2) is 4.39 Å². The number of anilines is 1. The number of rotatable bonds is 6. The Morgan fingerprint density at radius 2 is 1.93 bits per heavy atom. The first-order valence-electron chi connectivity index (χ1n) is 8.66. The second kappa shape index (κ2) is 9.06. The van der Waals surface area contributed by atoms with Crippen molar-refractivity contribution in [3.8, 4) is 11.5 Å². The summed E-state index contributed by atoms with van der Waals surface area (Å²) in [6, 6.07) is 9.55. The smallest absolute Gasteiger partial charge is 0.266 e. The number of carbonyl (C=O) groups is 2. The van der Waals surface area contributed by atoms with Crippen molar-refractivity contribution in [1.29, 1.82) is 0 Å². The minimum absolute atomic E-state index is 0.0777. The number of halogens is 1. The van der Waals surface area contributed by atoms with Crippen LogP contribution in [0.3, 0.4) is 0 Å². The molecule has 0 radical (unpaired) electrons. The average Bonchev–Trinajstić information content (AvgIpc) is 2.93. The molecule has 2 amide bonds. The molecule has 0 unspecified atom stereocenters. The fourth-order valence-electron chi connectivity index (χ4n) is 2.64. The fourth-order valence-corrected chi connectivity index (χ4v) is 3.94. The third-order valence-electron chi connectivity index (χ3n) is 4.09. The van der Waals surface area contributed by atoms with Crippen LogP contribution in [0, 0.1) is 5.82 Å². The normalized spacial score (nSPS) is 15.2. The summed E-state index contributed by atoms with van der Waals surface area (Å²) >= 11 is 6.36.